The summed E-state index contributed by atoms with van der Waals surface area (Å²) in [6, 6.07) is 19.9. The minimum Gasteiger partial charge on any atom is -0.494 e. The van der Waals surface area contributed by atoms with Crippen LogP contribution < -0.4 is 10.1 Å². The number of carbonyl (C=O) groups excluding carboxylic acids is 1. The first-order valence-corrected chi connectivity index (χ1v) is 11.8. The maximum atomic E-state index is 12.2. The van der Waals surface area contributed by atoms with Crippen LogP contribution in [-0.2, 0) is 11.3 Å². The van der Waals surface area contributed by atoms with E-state index in [1.54, 1.807) is 18.5 Å². The minimum atomic E-state index is -0.536. The molecule has 0 aliphatic heterocycles. The Hall–Kier alpha value is -4.31. The van der Waals surface area contributed by atoms with Crippen LogP contribution in [0.2, 0.25) is 0 Å². The number of nitrogens with one attached hydrogen (secondary N) is 1. The van der Waals surface area contributed by atoms with Gasteiger partial charge in [0.2, 0.25) is 0 Å². The Kier molecular flexibility index (Phi) is 6.36. The fourth-order valence-corrected chi connectivity index (χ4v) is 4.47. The van der Waals surface area contributed by atoms with E-state index < -0.39 is 6.09 Å². The van der Waals surface area contributed by atoms with E-state index >= 15 is 0 Å². The Morgan fingerprint density at radius 3 is 2.69 bits per heavy atom. The van der Waals surface area contributed by atoms with Gasteiger partial charge in [0.25, 0.3) is 0 Å². The summed E-state index contributed by atoms with van der Waals surface area (Å²) in [7, 11) is 0. The topological polar surface area (TPSA) is 89.2 Å². The molecule has 35 heavy (non-hydrogen) atoms. The van der Waals surface area contributed by atoms with Gasteiger partial charge in [0.15, 0.2) is 0 Å². The van der Waals surface area contributed by atoms with E-state index in [0.717, 1.165) is 46.3 Å². The van der Waals surface area contributed by atoms with E-state index in [1.165, 1.54) is 6.42 Å². The number of nitrogens with zero attached hydrogens (tertiary/aromatic N) is 3. The molecule has 7 heteroatoms. The summed E-state index contributed by atoms with van der Waals surface area (Å²) < 4.78 is 13.3. The molecule has 0 atom stereocenters. The van der Waals surface area contributed by atoms with Gasteiger partial charge in [0.05, 0.1) is 23.4 Å². The SMILES string of the molecule is CCOc1ccc2c(C#N)c(-c3ccc(NC(=O)OCc4cccnc4)cc3)n(C3CCC3)c2c1. The van der Waals surface area contributed by atoms with Crippen molar-refractivity contribution in [1.82, 2.24) is 9.55 Å². The third-order valence-corrected chi connectivity index (χ3v) is 6.34. The van der Waals surface area contributed by atoms with Crippen LogP contribution in [0.3, 0.4) is 0 Å². The van der Waals surface area contributed by atoms with Crippen molar-refractivity contribution in [3.8, 4) is 23.1 Å². The standard InChI is InChI=1S/C28H26N4O3/c1-2-34-23-12-13-24-25(16-29)27(32(26(24)15-23)22-6-3-7-22)20-8-10-21(11-9-20)31-28(33)35-18-19-5-4-14-30-17-19/h4-5,8-15,17,22H,2-3,6-7,18H2,1H3,(H,31,33). The van der Waals surface area contributed by atoms with Crippen LogP contribution in [0.4, 0.5) is 10.5 Å². The molecule has 1 aliphatic rings. The van der Waals surface area contributed by atoms with Gasteiger partial charge >= 0.3 is 6.09 Å². The van der Waals surface area contributed by atoms with Crippen LogP contribution in [-0.4, -0.2) is 22.3 Å². The number of fused-ring (bicyclic) bond motifs is 1. The predicted molar refractivity (Wildman–Crippen MR) is 134 cm³/mol. The van der Waals surface area contributed by atoms with E-state index in [1.807, 2.05) is 55.5 Å². The predicted octanol–water partition coefficient (Wildman–Crippen LogP) is 6.45. The summed E-state index contributed by atoms with van der Waals surface area (Å²) in [4.78, 5) is 16.2. The molecule has 1 N–H and O–H groups in total. The van der Waals surface area contributed by atoms with Crippen LogP contribution in [0.15, 0.2) is 67.0 Å². The van der Waals surface area contributed by atoms with Crippen molar-refractivity contribution in [3.63, 3.8) is 0 Å². The first-order chi connectivity index (χ1) is 17.2. The molecule has 5 rings (SSSR count). The summed E-state index contributed by atoms with van der Waals surface area (Å²) in [6.07, 6.45) is 6.15. The fraction of sp³-hybridized carbons (Fsp3) is 0.250. The van der Waals surface area contributed by atoms with Crippen molar-refractivity contribution < 1.29 is 14.3 Å². The van der Waals surface area contributed by atoms with Gasteiger partial charge in [-0.25, -0.2) is 4.79 Å². The molecule has 4 aromatic rings. The lowest BCUT2D eigenvalue weighted by molar-refractivity contribution is 0.155. The molecule has 1 saturated carbocycles. The number of hydrogen-bond acceptors (Lipinski definition) is 5. The second-order valence-electron chi connectivity index (χ2n) is 8.54. The molecule has 2 aromatic heterocycles. The zero-order valence-corrected chi connectivity index (χ0v) is 19.5. The van der Waals surface area contributed by atoms with Crippen molar-refractivity contribution in [2.24, 2.45) is 0 Å². The highest BCUT2D eigenvalue weighted by molar-refractivity contribution is 5.96. The molecule has 0 radical (unpaired) electrons. The monoisotopic (exact) mass is 466 g/mol. The lowest BCUT2D eigenvalue weighted by Crippen LogP contribution is -2.18. The van der Waals surface area contributed by atoms with Gasteiger partial charge in [-0.2, -0.15) is 5.26 Å². The normalized spacial score (nSPS) is 13.1. The van der Waals surface area contributed by atoms with Crippen molar-refractivity contribution >= 4 is 22.7 Å². The number of rotatable bonds is 7. The molecule has 2 aromatic carbocycles. The molecule has 0 spiro atoms. The molecule has 176 valence electrons. The number of nitriles is 1. The summed E-state index contributed by atoms with van der Waals surface area (Å²) in [5.41, 5.74) is 4.95. The average molecular weight is 467 g/mol. The first-order valence-electron chi connectivity index (χ1n) is 11.8. The molecule has 2 heterocycles. The number of amides is 1. The van der Waals surface area contributed by atoms with Gasteiger partial charge < -0.3 is 14.0 Å². The number of carbonyl (C=O) groups is 1. The van der Waals surface area contributed by atoms with E-state index in [9.17, 15) is 10.1 Å². The Morgan fingerprint density at radius 2 is 2.03 bits per heavy atom. The maximum absolute atomic E-state index is 12.2. The van der Waals surface area contributed by atoms with Crippen molar-refractivity contribution in [2.75, 3.05) is 11.9 Å². The summed E-state index contributed by atoms with van der Waals surface area (Å²) >= 11 is 0. The Morgan fingerprint density at radius 1 is 1.20 bits per heavy atom. The molecule has 7 nitrogen and oxygen atoms in total. The lowest BCUT2D eigenvalue weighted by atomic mass is 9.92. The number of aromatic nitrogens is 2. The Bertz CT molecular complexity index is 1380. The van der Waals surface area contributed by atoms with Gasteiger partial charge in [0.1, 0.15) is 18.4 Å². The molecular weight excluding hydrogens is 440 g/mol. The van der Waals surface area contributed by atoms with E-state index in [0.29, 0.717) is 23.9 Å². The molecule has 0 bridgehead atoms. The third-order valence-electron chi connectivity index (χ3n) is 6.34. The molecule has 1 aliphatic carbocycles. The quantitative estimate of drug-likeness (QED) is 0.338. The zero-order valence-electron chi connectivity index (χ0n) is 19.5. The minimum absolute atomic E-state index is 0.147. The van der Waals surface area contributed by atoms with Crippen molar-refractivity contribution in [1.29, 1.82) is 5.26 Å². The van der Waals surface area contributed by atoms with Gasteiger partial charge in [-0.1, -0.05) is 18.2 Å². The third kappa shape index (κ3) is 4.56. The van der Waals surface area contributed by atoms with E-state index in [4.69, 9.17) is 9.47 Å². The molecular formula is C28H26N4O3. The van der Waals surface area contributed by atoms with Gasteiger partial charge in [-0.05, 0) is 62.1 Å². The van der Waals surface area contributed by atoms with Gasteiger partial charge in [0, 0.05) is 41.1 Å². The van der Waals surface area contributed by atoms with Crippen LogP contribution in [0.1, 0.15) is 43.4 Å². The average Bonchev–Trinajstić information content (AvgIpc) is 3.16. The highest BCUT2D eigenvalue weighted by Crippen LogP contribution is 2.43. The van der Waals surface area contributed by atoms with Crippen molar-refractivity contribution in [3.05, 3.63) is 78.1 Å². The van der Waals surface area contributed by atoms with Crippen LogP contribution in [0.5, 0.6) is 5.75 Å². The number of hydrogen-bond donors (Lipinski definition) is 1. The molecule has 0 saturated heterocycles. The zero-order chi connectivity index (χ0) is 24.2. The highest BCUT2D eigenvalue weighted by Gasteiger charge is 2.28. The van der Waals surface area contributed by atoms with Gasteiger partial charge in [-0.3, -0.25) is 10.3 Å². The van der Waals surface area contributed by atoms with E-state index in [-0.39, 0.29) is 6.61 Å². The molecule has 0 unspecified atom stereocenters. The highest BCUT2D eigenvalue weighted by atomic mass is 16.5. The van der Waals surface area contributed by atoms with E-state index in [2.05, 4.69) is 20.9 Å². The summed E-state index contributed by atoms with van der Waals surface area (Å²) in [6.45, 7) is 2.70. The Labute approximate surface area is 203 Å². The summed E-state index contributed by atoms with van der Waals surface area (Å²) in [5, 5.41) is 13.8. The molecule has 1 amide bonds. The maximum Gasteiger partial charge on any atom is 0.411 e. The second kappa shape index (κ2) is 9.90. The smallest absolute Gasteiger partial charge is 0.411 e. The number of pyridine rings is 1. The lowest BCUT2D eigenvalue weighted by Gasteiger charge is -2.30. The summed E-state index contributed by atoms with van der Waals surface area (Å²) in [5.74, 6) is 0.804. The Balaban J connectivity index is 1.42. The first kappa shape index (κ1) is 22.5. The van der Waals surface area contributed by atoms with Gasteiger partial charge in [-0.15, -0.1) is 0 Å². The second-order valence-corrected chi connectivity index (χ2v) is 8.54. The number of benzene rings is 2. The fourth-order valence-electron chi connectivity index (χ4n) is 4.47. The number of ether oxygens (including phenoxy) is 2. The van der Waals surface area contributed by atoms with Crippen LogP contribution >= 0.6 is 0 Å². The largest absolute Gasteiger partial charge is 0.494 e. The van der Waals surface area contributed by atoms with Crippen LogP contribution in [0, 0.1) is 11.3 Å². The van der Waals surface area contributed by atoms with Crippen molar-refractivity contribution in [2.45, 2.75) is 38.8 Å². The van der Waals surface area contributed by atoms with Crippen LogP contribution in [0.25, 0.3) is 22.2 Å². The molecule has 1 fully saturated rings. The number of anilines is 1.